The Bertz CT molecular complexity index is 1380. The topological polar surface area (TPSA) is 200 Å². The quantitative estimate of drug-likeness (QED) is 0.0484. The molecule has 3 aromatic rings. The average molecular weight is 618 g/mol. The normalized spacial score (nSPS) is 11.3. The number of nitrogens with one attached hydrogen (secondary N) is 1. The number of sulfone groups is 1. The largest absolute Gasteiger partial charge is 1.00 e. The number of hydrogen-bond acceptors (Lipinski definition) is 15. The van der Waals surface area contributed by atoms with Gasteiger partial charge in [0.15, 0.2) is 27.9 Å². The van der Waals surface area contributed by atoms with Crippen LogP contribution in [0, 0.1) is 0 Å². The molecule has 0 aliphatic rings. The Kier molecular flexibility index (Phi) is 16.6. The van der Waals surface area contributed by atoms with Gasteiger partial charge < -0.3 is 20.9 Å². The van der Waals surface area contributed by atoms with E-state index in [4.69, 9.17) is 4.18 Å². The van der Waals surface area contributed by atoms with Gasteiger partial charge in [0.1, 0.15) is 5.69 Å². The van der Waals surface area contributed by atoms with Crippen LogP contribution >= 0.6 is 24.4 Å². The summed E-state index contributed by atoms with van der Waals surface area (Å²) in [4.78, 5) is 11.6. The molecular formula is C20H17N3Na2O11S3. The molecule has 0 spiro atoms. The molecule has 0 aromatic heterocycles. The van der Waals surface area contributed by atoms with Gasteiger partial charge in [-0.25, -0.2) is 8.42 Å². The second-order valence-electron chi connectivity index (χ2n) is 6.95. The molecule has 39 heavy (non-hydrogen) atoms. The Morgan fingerprint density at radius 3 is 2.36 bits per heavy atom. The van der Waals surface area contributed by atoms with Crippen LogP contribution in [0.25, 0.3) is 10.8 Å². The Morgan fingerprint density at radius 2 is 1.72 bits per heavy atom. The molecule has 1 amide bonds. The van der Waals surface area contributed by atoms with E-state index in [1.807, 2.05) is 0 Å². The third-order valence-corrected chi connectivity index (χ3v) is 7.21. The predicted molar refractivity (Wildman–Crippen MR) is 126 cm³/mol. The third-order valence-electron chi connectivity index (χ3n) is 4.53. The molecule has 0 saturated carbocycles. The molecule has 0 aliphatic carbocycles. The van der Waals surface area contributed by atoms with Crippen molar-refractivity contribution in [3.8, 4) is 5.75 Å². The van der Waals surface area contributed by atoms with Crippen LogP contribution in [0.5, 0.6) is 5.75 Å². The summed E-state index contributed by atoms with van der Waals surface area (Å²) >= 11 is 0.705. The van der Waals surface area contributed by atoms with Crippen molar-refractivity contribution in [3.05, 3.63) is 48.5 Å². The summed E-state index contributed by atoms with van der Waals surface area (Å²) in [5.74, 6) is -1.00. The minimum Gasteiger partial charge on any atom is -0.691 e. The summed E-state index contributed by atoms with van der Waals surface area (Å²) in [7, 11) is -3.71. The fourth-order valence-corrected chi connectivity index (χ4v) is 4.89. The number of phenols is 1. The molecule has 198 valence electrons. The number of aromatic hydroxyl groups is 1. The van der Waals surface area contributed by atoms with Gasteiger partial charge in [-0.1, -0.05) is 6.07 Å². The maximum Gasteiger partial charge on any atom is 1.00 e. The molecule has 3 aromatic carbocycles. The van der Waals surface area contributed by atoms with Gasteiger partial charge in [0.05, 0.1) is 39.9 Å². The third kappa shape index (κ3) is 10.8. The smallest absolute Gasteiger partial charge is 0.691 e. The summed E-state index contributed by atoms with van der Waals surface area (Å²) in [6.07, 6.45) is 0. The van der Waals surface area contributed by atoms with Gasteiger partial charge in [-0.3, -0.25) is 19.1 Å². The maximum absolute atomic E-state index is 12.4. The first-order valence-electron chi connectivity index (χ1n) is 9.95. The number of anilines is 1. The number of fused-ring (bicyclic) bond motifs is 1. The second-order valence-corrected chi connectivity index (χ2v) is 10.3. The van der Waals surface area contributed by atoms with Gasteiger partial charge in [0.25, 0.3) is 0 Å². The van der Waals surface area contributed by atoms with Crippen molar-refractivity contribution in [3.63, 3.8) is 0 Å². The molecule has 3 rings (SSSR count). The van der Waals surface area contributed by atoms with E-state index < -0.39 is 15.6 Å². The molecule has 0 unspecified atom stereocenters. The Balaban J connectivity index is 0.00000380. The van der Waals surface area contributed by atoms with Crippen molar-refractivity contribution in [1.29, 1.82) is 0 Å². The second kappa shape index (κ2) is 17.9. The molecular weight excluding hydrogens is 600 g/mol. The van der Waals surface area contributed by atoms with Crippen LogP contribution in [0.3, 0.4) is 0 Å². The van der Waals surface area contributed by atoms with Gasteiger partial charge in [-0.2, -0.15) is 9.45 Å². The van der Waals surface area contributed by atoms with Crippen LogP contribution in [0.4, 0.5) is 17.1 Å². The number of amides is 1. The van der Waals surface area contributed by atoms with Crippen molar-refractivity contribution >= 4 is 67.9 Å². The van der Waals surface area contributed by atoms with Crippen molar-refractivity contribution in [1.82, 2.24) is 0 Å². The number of benzene rings is 3. The monoisotopic (exact) mass is 617 g/mol. The van der Waals surface area contributed by atoms with E-state index in [9.17, 15) is 28.8 Å². The van der Waals surface area contributed by atoms with E-state index in [1.54, 1.807) is 18.2 Å². The van der Waals surface area contributed by atoms with Gasteiger partial charge in [-0.15, -0.1) is 9.45 Å². The number of phenolic OH excluding ortho intramolecular Hbond substituents is 1. The number of hydrogen-bond donors (Lipinski definition) is 2. The average Bonchev–Trinajstić information content (AvgIpc) is 2.87. The van der Waals surface area contributed by atoms with E-state index in [0.717, 1.165) is 0 Å². The molecule has 0 radical (unpaired) electrons. The van der Waals surface area contributed by atoms with E-state index in [1.165, 1.54) is 37.3 Å². The number of nitrogens with zero attached hydrogens (tertiary/aromatic N) is 2. The molecule has 0 aliphatic heterocycles. The van der Waals surface area contributed by atoms with Gasteiger partial charge >= 0.3 is 59.1 Å². The van der Waals surface area contributed by atoms with Crippen molar-refractivity contribution < 1.29 is 111 Å². The molecule has 0 fully saturated rings. The zero-order valence-electron chi connectivity index (χ0n) is 20.7. The maximum atomic E-state index is 12.4. The summed E-state index contributed by atoms with van der Waals surface area (Å²) in [6, 6.07) is 11.7. The molecule has 0 saturated heterocycles. The van der Waals surface area contributed by atoms with E-state index in [0.29, 0.717) is 28.5 Å². The van der Waals surface area contributed by atoms with Crippen molar-refractivity contribution in [2.75, 3.05) is 17.7 Å². The van der Waals surface area contributed by atoms with Gasteiger partial charge in [-0.05, 0) is 47.9 Å². The number of carbonyl (C=O) groups is 1. The minimum atomic E-state index is -3.71. The van der Waals surface area contributed by atoms with E-state index in [2.05, 4.69) is 34.3 Å². The Hall–Kier alpha value is -0.840. The summed E-state index contributed by atoms with van der Waals surface area (Å²) in [5.41, 5.74) is 0.616. The predicted octanol–water partition coefficient (Wildman–Crippen LogP) is -3.27. The summed E-state index contributed by atoms with van der Waals surface area (Å²) < 4.78 is 37.7. The number of azo groups is 1. The standard InChI is InChI=1S/C20H19N3O11S3.2Na/c1-12(24)21-15-3-2-13-10-18(35-33-31-26)19(20(25)17(13)11-15)23-22-14-4-6-16(7-5-14)37(28,29)9-8-30-36-34-32-27;;/h2-7,10-11,25-27H,8-9H2,1H3,(H,21,24);;/q;2*+1/p-2. The van der Waals surface area contributed by atoms with Crippen molar-refractivity contribution in [2.24, 2.45) is 10.2 Å². The van der Waals surface area contributed by atoms with Crippen LogP contribution < -0.4 is 74.9 Å². The first-order chi connectivity index (χ1) is 17.7. The van der Waals surface area contributed by atoms with Crippen LogP contribution in [0.15, 0.2) is 68.6 Å². The number of rotatable bonds is 13. The van der Waals surface area contributed by atoms with Crippen LogP contribution in [0.2, 0.25) is 0 Å². The fourth-order valence-electron chi connectivity index (χ4n) is 2.99. The molecule has 14 nitrogen and oxygen atoms in total. The minimum absolute atomic E-state index is 0. The number of carbonyl (C=O) groups excluding carboxylic acids is 1. The van der Waals surface area contributed by atoms with Crippen LogP contribution in [-0.2, 0) is 37.6 Å². The zero-order valence-corrected chi connectivity index (χ0v) is 27.1. The van der Waals surface area contributed by atoms with Gasteiger partial charge in [0, 0.05) is 18.0 Å². The summed E-state index contributed by atoms with van der Waals surface area (Å²) in [6.45, 7) is 1.08. The molecule has 19 heteroatoms. The molecule has 2 N–H and O–H groups in total. The van der Waals surface area contributed by atoms with Crippen molar-refractivity contribution in [2.45, 2.75) is 16.7 Å². The molecule has 0 bridgehead atoms. The molecule has 0 heterocycles. The van der Waals surface area contributed by atoms with Gasteiger partial charge in [0.2, 0.25) is 5.91 Å². The Labute approximate surface area is 275 Å². The first kappa shape index (κ1) is 36.2. The molecule has 0 atom stereocenters. The van der Waals surface area contributed by atoms with Crippen LogP contribution in [0.1, 0.15) is 6.92 Å². The van der Waals surface area contributed by atoms with E-state index in [-0.39, 0.29) is 111 Å². The summed E-state index contributed by atoms with van der Waals surface area (Å²) in [5, 5.41) is 48.9. The fraction of sp³-hybridized carbons (Fsp3) is 0.150. The SMILES string of the molecule is CC(=O)Nc1ccc2cc(SOO[O-])c(N=Nc3ccc(S(=O)(=O)CCOSOO[O-])cc3)c(O)c2c1.[Na+].[Na+]. The van der Waals surface area contributed by atoms with Crippen LogP contribution in [-0.4, -0.2) is 31.8 Å². The first-order valence-corrected chi connectivity index (χ1v) is 13.0. The van der Waals surface area contributed by atoms with E-state index >= 15 is 0 Å². The Morgan fingerprint density at radius 1 is 1.03 bits per heavy atom. The zero-order chi connectivity index (χ0) is 26.8.